The summed E-state index contributed by atoms with van der Waals surface area (Å²) in [6, 6.07) is 11.4. The van der Waals surface area contributed by atoms with Crippen molar-refractivity contribution in [2.45, 2.75) is 18.3 Å². The molecule has 2 aromatic carbocycles. The Bertz CT molecular complexity index is 1010. The number of ether oxygens (including phenoxy) is 2. The van der Waals surface area contributed by atoms with Crippen molar-refractivity contribution in [1.82, 2.24) is 5.32 Å². The molecule has 0 aliphatic carbocycles. The Hall–Kier alpha value is -3.40. The van der Waals surface area contributed by atoms with Gasteiger partial charge in [0.25, 0.3) is 0 Å². The lowest BCUT2D eigenvalue weighted by Crippen LogP contribution is -2.26. The number of hydrogen-bond acceptors (Lipinski definition) is 7. The molecule has 0 aromatic heterocycles. The highest BCUT2D eigenvalue weighted by atomic mass is 32.2. The van der Waals surface area contributed by atoms with E-state index in [0.717, 1.165) is 11.8 Å². The fraction of sp³-hybridized carbons (Fsp3) is 0.200. The van der Waals surface area contributed by atoms with Gasteiger partial charge in [0.2, 0.25) is 5.91 Å². The van der Waals surface area contributed by atoms with Crippen LogP contribution < -0.4 is 14.8 Å². The molecule has 1 atom stereocenters. The molecule has 0 spiro atoms. The van der Waals surface area contributed by atoms with E-state index < -0.39 is 17.1 Å². The Morgan fingerprint density at radius 2 is 2.10 bits per heavy atom. The molecule has 1 aliphatic heterocycles. The molecule has 8 nitrogen and oxygen atoms in total. The van der Waals surface area contributed by atoms with Gasteiger partial charge < -0.3 is 19.9 Å². The van der Waals surface area contributed by atoms with Gasteiger partial charge >= 0.3 is 5.97 Å². The Labute approximate surface area is 175 Å². The van der Waals surface area contributed by atoms with Crippen LogP contribution in [0.15, 0.2) is 52.7 Å². The summed E-state index contributed by atoms with van der Waals surface area (Å²) in [7, 11) is 1.50. The second kappa shape index (κ2) is 9.88. The van der Waals surface area contributed by atoms with E-state index in [1.807, 2.05) is 0 Å². The van der Waals surface area contributed by atoms with Crippen LogP contribution in [0.2, 0.25) is 0 Å². The number of nitrogens with zero attached hydrogens (tertiary/aromatic N) is 2. The van der Waals surface area contributed by atoms with Gasteiger partial charge in [-0.3, -0.25) is 9.59 Å². The van der Waals surface area contributed by atoms with Crippen LogP contribution in [0.3, 0.4) is 0 Å². The Balaban J connectivity index is 1.68. The molecule has 0 saturated carbocycles. The molecule has 2 aromatic rings. The van der Waals surface area contributed by atoms with Gasteiger partial charge in [-0.25, -0.2) is 4.39 Å². The minimum atomic E-state index is -1.06. The zero-order valence-corrected chi connectivity index (χ0v) is 16.7. The van der Waals surface area contributed by atoms with E-state index >= 15 is 0 Å². The van der Waals surface area contributed by atoms with Crippen molar-refractivity contribution in [3.05, 3.63) is 59.4 Å². The number of carbonyl (C=O) groups excluding carboxylic acids is 1. The van der Waals surface area contributed by atoms with Crippen molar-refractivity contribution in [3.8, 4) is 11.5 Å². The third kappa shape index (κ3) is 5.57. The van der Waals surface area contributed by atoms with E-state index in [2.05, 4.69) is 15.5 Å². The average molecular weight is 431 g/mol. The number of amidine groups is 1. The SMILES string of the molecule is COc1ccc(C=NN=C2NC(=O)C(CC(=O)O)S2)cc1OCc1ccccc1F. The van der Waals surface area contributed by atoms with Crippen molar-refractivity contribution in [2.75, 3.05) is 7.11 Å². The summed E-state index contributed by atoms with van der Waals surface area (Å²) in [6.45, 7) is 0.0273. The van der Waals surface area contributed by atoms with Crippen LogP contribution in [-0.4, -0.2) is 40.7 Å². The standard InChI is InChI=1S/C20H18FN3O5S/c1-28-15-7-6-12(8-16(15)29-11-13-4-2-3-5-14(13)21)10-22-24-20-23-19(27)17(30-20)9-18(25)26/h2-8,10,17H,9,11H2,1H3,(H,25,26)(H,23,24,27). The van der Waals surface area contributed by atoms with Crippen molar-refractivity contribution in [3.63, 3.8) is 0 Å². The Kier molecular flexibility index (Phi) is 7.02. The van der Waals surface area contributed by atoms with Crippen LogP contribution in [0.25, 0.3) is 0 Å². The summed E-state index contributed by atoms with van der Waals surface area (Å²) < 4.78 is 24.8. The third-order valence-corrected chi connectivity index (χ3v) is 5.09. The van der Waals surface area contributed by atoms with Gasteiger partial charge in [-0.15, -0.1) is 5.10 Å². The zero-order chi connectivity index (χ0) is 21.5. The van der Waals surface area contributed by atoms with Crippen molar-refractivity contribution < 1.29 is 28.6 Å². The summed E-state index contributed by atoms with van der Waals surface area (Å²) in [5.74, 6) is -0.951. The van der Waals surface area contributed by atoms with Crippen LogP contribution in [0.4, 0.5) is 4.39 Å². The van der Waals surface area contributed by atoms with E-state index in [9.17, 15) is 14.0 Å². The molecule has 1 saturated heterocycles. The summed E-state index contributed by atoms with van der Waals surface area (Å²) in [5.41, 5.74) is 1.05. The number of carbonyl (C=O) groups is 2. The fourth-order valence-electron chi connectivity index (χ4n) is 2.55. The van der Waals surface area contributed by atoms with Gasteiger partial charge in [0.1, 0.15) is 17.7 Å². The summed E-state index contributed by atoms with van der Waals surface area (Å²) in [6.07, 6.45) is 1.15. The maximum atomic E-state index is 13.8. The number of amides is 1. The molecule has 1 fully saturated rings. The minimum absolute atomic E-state index is 0.0273. The van der Waals surface area contributed by atoms with Crippen molar-refractivity contribution >= 4 is 35.0 Å². The third-order valence-electron chi connectivity index (χ3n) is 4.02. The predicted octanol–water partition coefficient (Wildman–Crippen LogP) is 2.81. The molecule has 3 rings (SSSR count). The van der Waals surface area contributed by atoms with E-state index in [1.54, 1.807) is 36.4 Å². The lowest BCUT2D eigenvalue weighted by Gasteiger charge is -2.11. The van der Waals surface area contributed by atoms with Crippen molar-refractivity contribution in [2.24, 2.45) is 10.2 Å². The largest absolute Gasteiger partial charge is 0.493 e. The van der Waals surface area contributed by atoms with Gasteiger partial charge in [-0.2, -0.15) is 5.10 Å². The monoisotopic (exact) mass is 431 g/mol. The number of benzene rings is 2. The van der Waals surface area contributed by atoms with Crippen LogP contribution in [0.1, 0.15) is 17.5 Å². The first-order valence-corrected chi connectivity index (χ1v) is 9.69. The molecule has 2 N–H and O–H groups in total. The van der Waals surface area contributed by atoms with Crippen molar-refractivity contribution in [1.29, 1.82) is 0 Å². The van der Waals surface area contributed by atoms with Crippen LogP contribution in [0.5, 0.6) is 11.5 Å². The number of methoxy groups -OCH3 is 1. The number of rotatable bonds is 8. The van der Waals surface area contributed by atoms with E-state index in [4.69, 9.17) is 14.6 Å². The first kappa shape index (κ1) is 21.3. The molecule has 0 bridgehead atoms. The van der Waals surface area contributed by atoms with Crippen LogP contribution >= 0.6 is 11.8 Å². The van der Waals surface area contributed by atoms with Crippen LogP contribution in [-0.2, 0) is 16.2 Å². The molecular formula is C20H18FN3O5S. The number of nitrogens with one attached hydrogen (secondary N) is 1. The summed E-state index contributed by atoms with van der Waals surface area (Å²) in [5, 5.41) is 18.6. The van der Waals surface area contributed by atoms with E-state index in [1.165, 1.54) is 19.4 Å². The second-order valence-electron chi connectivity index (χ2n) is 6.13. The van der Waals surface area contributed by atoms with Gasteiger partial charge in [0, 0.05) is 5.56 Å². The maximum Gasteiger partial charge on any atom is 0.305 e. The fourth-order valence-corrected chi connectivity index (χ4v) is 3.47. The van der Waals surface area contributed by atoms with E-state index in [-0.39, 0.29) is 24.0 Å². The number of halogens is 1. The zero-order valence-electron chi connectivity index (χ0n) is 15.9. The quantitative estimate of drug-likeness (QED) is 0.491. The lowest BCUT2D eigenvalue weighted by atomic mass is 10.2. The average Bonchev–Trinajstić information content (AvgIpc) is 3.06. The van der Waals surface area contributed by atoms with Gasteiger partial charge in [0.15, 0.2) is 16.7 Å². The molecule has 30 heavy (non-hydrogen) atoms. The van der Waals surface area contributed by atoms with Gasteiger partial charge in [-0.1, -0.05) is 30.0 Å². The topological polar surface area (TPSA) is 110 Å². The second-order valence-corrected chi connectivity index (χ2v) is 7.33. The van der Waals surface area contributed by atoms with Crippen LogP contribution in [0, 0.1) is 5.82 Å². The van der Waals surface area contributed by atoms with Gasteiger partial charge in [-0.05, 0) is 29.8 Å². The van der Waals surface area contributed by atoms with Gasteiger partial charge in [0.05, 0.1) is 19.7 Å². The lowest BCUT2D eigenvalue weighted by molar-refractivity contribution is -0.138. The molecule has 0 radical (unpaired) electrons. The van der Waals surface area contributed by atoms with E-state index in [0.29, 0.717) is 22.6 Å². The first-order valence-electron chi connectivity index (χ1n) is 8.81. The number of carboxylic acids is 1. The number of thioether (sulfide) groups is 1. The molecule has 1 amide bonds. The molecule has 156 valence electrons. The molecule has 1 unspecified atom stereocenters. The smallest absolute Gasteiger partial charge is 0.305 e. The number of hydrogen-bond donors (Lipinski definition) is 2. The molecular weight excluding hydrogens is 413 g/mol. The number of carboxylic acid groups (broad SMARTS) is 1. The highest BCUT2D eigenvalue weighted by molar-refractivity contribution is 8.15. The molecule has 10 heteroatoms. The predicted molar refractivity (Wildman–Crippen MR) is 111 cm³/mol. The Morgan fingerprint density at radius 1 is 1.30 bits per heavy atom. The summed E-state index contributed by atoms with van der Waals surface area (Å²) in [4.78, 5) is 22.4. The minimum Gasteiger partial charge on any atom is -0.493 e. The highest BCUT2D eigenvalue weighted by Gasteiger charge is 2.32. The summed E-state index contributed by atoms with van der Waals surface area (Å²) >= 11 is 1.01. The first-order chi connectivity index (χ1) is 14.5. The molecule has 1 heterocycles. The highest BCUT2D eigenvalue weighted by Crippen LogP contribution is 2.29. The normalized spacial score (nSPS) is 17.3. The molecule has 1 aliphatic rings. The number of aliphatic carboxylic acids is 1. The maximum absolute atomic E-state index is 13.8. The Morgan fingerprint density at radius 3 is 2.83 bits per heavy atom.